The second-order valence-corrected chi connectivity index (χ2v) is 8.46. The van der Waals surface area contributed by atoms with Crippen LogP contribution in [0.5, 0.6) is 28.7 Å². The van der Waals surface area contributed by atoms with Crippen LogP contribution in [0.15, 0.2) is 54.7 Å². The van der Waals surface area contributed by atoms with Gasteiger partial charge in [-0.2, -0.15) is 0 Å². The van der Waals surface area contributed by atoms with E-state index in [1.807, 2.05) is 24.3 Å². The third-order valence-corrected chi connectivity index (χ3v) is 6.35. The number of hydrogen-bond donors (Lipinski definition) is 1. The van der Waals surface area contributed by atoms with Crippen molar-refractivity contribution in [2.75, 3.05) is 35.5 Å². The molecule has 4 aromatic rings. The van der Waals surface area contributed by atoms with Crippen molar-refractivity contribution in [2.24, 2.45) is 0 Å². The highest BCUT2D eigenvalue weighted by Gasteiger charge is 2.25. The van der Waals surface area contributed by atoms with Crippen LogP contribution in [0.3, 0.4) is 0 Å². The summed E-state index contributed by atoms with van der Waals surface area (Å²) in [6.07, 6.45) is 1.21. The maximum atomic E-state index is 11.4. The van der Waals surface area contributed by atoms with E-state index < -0.39 is 6.10 Å². The first-order valence-electron chi connectivity index (χ1n) is 11.2. The number of nitrogens with zero attached hydrogens (tertiary/aromatic N) is 1. The van der Waals surface area contributed by atoms with E-state index in [1.54, 1.807) is 66.0 Å². The number of aromatic nitrogens is 1. The Labute approximate surface area is 215 Å². The molecule has 7 nitrogen and oxygen atoms in total. The van der Waals surface area contributed by atoms with Gasteiger partial charge in [-0.15, -0.1) is 0 Å². The summed E-state index contributed by atoms with van der Waals surface area (Å²) in [6.45, 7) is 0. The van der Waals surface area contributed by atoms with Gasteiger partial charge in [0.25, 0.3) is 0 Å². The van der Waals surface area contributed by atoms with E-state index in [1.165, 1.54) is 0 Å². The fourth-order valence-electron chi connectivity index (χ4n) is 4.39. The van der Waals surface area contributed by atoms with E-state index in [-0.39, 0.29) is 0 Å². The largest absolute Gasteiger partial charge is 0.493 e. The molecule has 4 rings (SSSR count). The maximum absolute atomic E-state index is 11.4. The van der Waals surface area contributed by atoms with Gasteiger partial charge >= 0.3 is 0 Å². The Morgan fingerprint density at radius 3 is 2.06 bits per heavy atom. The van der Waals surface area contributed by atoms with Crippen LogP contribution in [0.25, 0.3) is 10.8 Å². The molecule has 0 saturated carbocycles. The van der Waals surface area contributed by atoms with Gasteiger partial charge in [-0.05, 0) is 40.8 Å². The van der Waals surface area contributed by atoms with E-state index in [2.05, 4.69) is 0 Å². The molecule has 0 saturated heterocycles. The molecule has 1 N–H and O–H groups in total. The summed E-state index contributed by atoms with van der Waals surface area (Å²) in [5, 5.41) is 13.4. The molecule has 1 unspecified atom stereocenters. The molecule has 0 spiro atoms. The van der Waals surface area contributed by atoms with Gasteiger partial charge in [0.05, 0.1) is 46.6 Å². The van der Waals surface area contributed by atoms with Crippen LogP contribution in [-0.2, 0) is 6.42 Å². The molecule has 3 aromatic carbocycles. The van der Waals surface area contributed by atoms with Crippen LogP contribution in [-0.4, -0.2) is 45.6 Å². The number of hydrogen-bond acceptors (Lipinski definition) is 7. The lowest BCUT2D eigenvalue weighted by atomic mass is 9.94. The van der Waals surface area contributed by atoms with Gasteiger partial charge in [0.1, 0.15) is 6.10 Å². The van der Waals surface area contributed by atoms with E-state index in [0.29, 0.717) is 56.8 Å². The zero-order valence-electron chi connectivity index (χ0n) is 20.8. The predicted molar refractivity (Wildman–Crippen MR) is 139 cm³/mol. The number of halogens is 1. The average molecular weight is 510 g/mol. The Morgan fingerprint density at radius 1 is 0.778 bits per heavy atom. The summed E-state index contributed by atoms with van der Waals surface area (Å²) in [4.78, 5) is 4.71. The summed E-state index contributed by atoms with van der Waals surface area (Å²) in [5.41, 5.74) is 2.86. The lowest BCUT2D eigenvalue weighted by molar-refractivity contribution is 0.216. The molecule has 0 radical (unpaired) electrons. The SMILES string of the molecule is COc1cccc(Cc2cnc(C(O)c3ccc(Cl)cc3)c3c(OC)c(OC)c(OC)cc23)c1OC. The molecule has 0 amide bonds. The van der Waals surface area contributed by atoms with Crippen molar-refractivity contribution < 1.29 is 28.8 Å². The topological polar surface area (TPSA) is 79.3 Å². The number of benzene rings is 3. The molecule has 8 heteroatoms. The summed E-state index contributed by atoms with van der Waals surface area (Å²) < 4.78 is 28.2. The molecule has 0 aliphatic heterocycles. The quantitative estimate of drug-likeness (QED) is 0.314. The third kappa shape index (κ3) is 4.59. The Bertz CT molecular complexity index is 1370. The lowest BCUT2D eigenvalue weighted by Gasteiger charge is -2.21. The molecule has 188 valence electrons. The minimum atomic E-state index is -1.03. The first-order chi connectivity index (χ1) is 17.5. The van der Waals surface area contributed by atoms with Gasteiger partial charge in [0.2, 0.25) is 5.75 Å². The minimum Gasteiger partial charge on any atom is -0.493 e. The molecular formula is C28H28ClNO6. The number of rotatable bonds is 9. The molecule has 1 heterocycles. The second-order valence-electron chi connectivity index (χ2n) is 8.02. The molecule has 0 fully saturated rings. The molecule has 0 aliphatic carbocycles. The average Bonchev–Trinajstić information content (AvgIpc) is 2.91. The van der Waals surface area contributed by atoms with E-state index >= 15 is 0 Å². The van der Waals surface area contributed by atoms with Gasteiger partial charge in [-0.1, -0.05) is 35.9 Å². The predicted octanol–water partition coefficient (Wildman–Crippen LogP) is 5.60. The third-order valence-electron chi connectivity index (χ3n) is 6.10. The van der Waals surface area contributed by atoms with Gasteiger partial charge in [0.15, 0.2) is 23.0 Å². The normalized spacial score (nSPS) is 11.8. The number of aliphatic hydroxyl groups is 1. The van der Waals surface area contributed by atoms with Crippen LogP contribution in [0.1, 0.15) is 28.5 Å². The van der Waals surface area contributed by atoms with Gasteiger partial charge in [-0.3, -0.25) is 4.98 Å². The maximum Gasteiger partial charge on any atom is 0.204 e. The van der Waals surface area contributed by atoms with Crippen LogP contribution >= 0.6 is 11.6 Å². The Hall–Kier alpha value is -3.68. The number of ether oxygens (including phenoxy) is 5. The van der Waals surface area contributed by atoms with Crippen molar-refractivity contribution in [3.05, 3.63) is 82.1 Å². The second kappa shape index (κ2) is 10.9. The standard InChI is InChI=1S/C28H28ClNO6/c1-32-21-8-6-7-17(26(21)34-3)13-18-15-30-24(25(31)16-9-11-19(29)12-10-16)23-20(18)14-22(33-2)27(35-4)28(23)36-5/h6-12,14-15,25,31H,13H2,1-5H3. The Morgan fingerprint density at radius 2 is 1.44 bits per heavy atom. The first-order valence-corrected chi connectivity index (χ1v) is 11.6. The van der Waals surface area contributed by atoms with Crippen molar-refractivity contribution in [1.82, 2.24) is 4.98 Å². The summed E-state index contributed by atoms with van der Waals surface area (Å²) in [5.74, 6) is 2.61. The molecule has 0 aliphatic rings. The highest BCUT2D eigenvalue weighted by atomic mass is 35.5. The number of methoxy groups -OCH3 is 5. The summed E-state index contributed by atoms with van der Waals surface area (Å²) >= 11 is 6.06. The molecule has 1 atom stereocenters. The van der Waals surface area contributed by atoms with Crippen molar-refractivity contribution in [2.45, 2.75) is 12.5 Å². The summed E-state index contributed by atoms with van der Waals surface area (Å²) in [6, 6.07) is 14.6. The first kappa shape index (κ1) is 25.4. The van der Waals surface area contributed by atoms with Gasteiger partial charge in [0, 0.05) is 23.2 Å². The van der Waals surface area contributed by atoms with E-state index in [0.717, 1.165) is 16.5 Å². The van der Waals surface area contributed by atoms with Crippen molar-refractivity contribution in [3.8, 4) is 28.7 Å². The number of fused-ring (bicyclic) bond motifs is 1. The Kier molecular flexibility index (Phi) is 7.72. The zero-order valence-corrected chi connectivity index (χ0v) is 21.6. The molecule has 36 heavy (non-hydrogen) atoms. The van der Waals surface area contributed by atoms with Crippen LogP contribution in [0.2, 0.25) is 5.02 Å². The number of aliphatic hydroxyl groups excluding tert-OH is 1. The van der Waals surface area contributed by atoms with Crippen molar-refractivity contribution >= 4 is 22.4 Å². The van der Waals surface area contributed by atoms with Crippen molar-refractivity contribution in [1.29, 1.82) is 0 Å². The fourth-order valence-corrected chi connectivity index (χ4v) is 4.52. The smallest absolute Gasteiger partial charge is 0.204 e. The highest BCUT2D eigenvalue weighted by molar-refractivity contribution is 6.30. The summed E-state index contributed by atoms with van der Waals surface area (Å²) in [7, 11) is 7.87. The molecule has 0 bridgehead atoms. The zero-order chi connectivity index (χ0) is 25.8. The Balaban J connectivity index is 1.98. The minimum absolute atomic E-state index is 0.412. The van der Waals surface area contributed by atoms with Crippen LogP contribution in [0.4, 0.5) is 0 Å². The number of para-hydroxylation sites is 1. The van der Waals surface area contributed by atoms with Crippen LogP contribution < -0.4 is 23.7 Å². The fraction of sp³-hybridized carbons (Fsp3) is 0.250. The van der Waals surface area contributed by atoms with Gasteiger partial charge < -0.3 is 28.8 Å². The van der Waals surface area contributed by atoms with Crippen molar-refractivity contribution in [3.63, 3.8) is 0 Å². The number of pyridine rings is 1. The van der Waals surface area contributed by atoms with E-state index in [4.69, 9.17) is 40.3 Å². The monoisotopic (exact) mass is 509 g/mol. The van der Waals surface area contributed by atoms with E-state index in [9.17, 15) is 5.11 Å². The molecular weight excluding hydrogens is 482 g/mol. The molecule has 1 aromatic heterocycles. The van der Waals surface area contributed by atoms with Crippen LogP contribution in [0, 0.1) is 0 Å². The highest BCUT2D eigenvalue weighted by Crippen LogP contribution is 2.47. The lowest BCUT2D eigenvalue weighted by Crippen LogP contribution is -2.07. The van der Waals surface area contributed by atoms with Gasteiger partial charge in [-0.25, -0.2) is 0 Å².